The maximum atomic E-state index is 12.4. The van der Waals surface area contributed by atoms with Crippen molar-refractivity contribution in [2.45, 2.75) is 37.4 Å². The minimum atomic E-state index is -3.30. The molecule has 0 fully saturated rings. The summed E-state index contributed by atoms with van der Waals surface area (Å²) >= 11 is 1.35. The van der Waals surface area contributed by atoms with Gasteiger partial charge in [0.25, 0.3) is 10.0 Å². The van der Waals surface area contributed by atoms with Gasteiger partial charge in [-0.2, -0.15) is 4.31 Å². The van der Waals surface area contributed by atoms with E-state index in [9.17, 15) is 8.42 Å². The first-order chi connectivity index (χ1) is 8.56. The molecule has 0 amide bonds. The summed E-state index contributed by atoms with van der Waals surface area (Å²) in [6.07, 6.45) is 1.91. The molecule has 0 aliphatic heterocycles. The van der Waals surface area contributed by atoms with Crippen LogP contribution < -0.4 is 5.32 Å². The van der Waals surface area contributed by atoms with Gasteiger partial charge in [-0.25, -0.2) is 8.42 Å². The lowest BCUT2D eigenvalue weighted by molar-refractivity contribution is 0.420. The van der Waals surface area contributed by atoms with Gasteiger partial charge >= 0.3 is 0 Å². The van der Waals surface area contributed by atoms with Gasteiger partial charge in [0.15, 0.2) is 0 Å². The number of hydrogen-bond acceptors (Lipinski definition) is 4. The van der Waals surface area contributed by atoms with Gasteiger partial charge in [0, 0.05) is 24.5 Å². The van der Waals surface area contributed by atoms with E-state index in [1.54, 1.807) is 10.4 Å². The molecule has 0 saturated carbocycles. The molecular formula is C12H22N2O2S2. The molecule has 0 aliphatic carbocycles. The highest BCUT2D eigenvalue weighted by Gasteiger charge is 2.24. The van der Waals surface area contributed by atoms with E-state index in [2.05, 4.69) is 12.2 Å². The van der Waals surface area contributed by atoms with Crippen molar-refractivity contribution in [3.63, 3.8) is 0 Å². The average Bonchev–Trinajstić information content (AvgIpc) is 2.79. The zero-order valence-corrected chi connectivity index (χ0v) is 12.9. The van der Waals surface area contributed by atoms with Crippen molar-refractivity contribution < 1.29 is 8.42 Å². The van der Waals surface area contributed by atoms with Gasteiger partial charge < -0.3 is 5.32 Å². The highest BCUT2D eigenvalue weighted by molar-refractivity contribution is 7.91. The van der Waals surface area contributed by atoms with Crippen molar-refractivity contribution >= 4 is 21.4 Å². The molecule has 0 aliphatic rings. The second-order valence-electron chi connectivity index (χ2n) is 4.10. The lowest BCUT2D eigenvalue weighted by atomic mass is 10.3. The third kappa shape index (κ3) is 3.78. The fraction of sp³-hybridized carbons (Fsp3) is 0.667. The predicted octanol–water partition coefficient (Wildman–Crippen LogP) is 2.28. The third-order valence-electron chi connectivity index (χ3n) is 2.70. The van der Waals surface area contributed by atoms with Crippen molar-refractivity contribution in [2.24, 2.45) is 0 Å². The van der Waals surface area contributed by atoms with E-state index in [1.165, 1.54) is 11.3 Å². The zero-order chi connectivity index (χ0) is 13.6. The summed E-state index contributed by atoms with van der Waals surface area (Å²) in [5, 5.41) is 3.03. The Morgan fingerprint density at radius 1 is 1.33 bits per heavy atom. The number of nitrogens with one attached hydrogen (secondary N) is 1. The average molecular weight is 290 g/mol. The van der Waals surface area contributed by atoms with Crippen LogP contribution in [0.15, 0.2) is 16.3 Å². The Balaban J connectivity index is 2.88. The number of hydrogen-bond donors (Lipinski definition) is 1. The van der Waals surface area contributed by atoms with Gasteiger partial charge in [0.2, 0.25) is 0 Å². The van der Waals surface area contributed by atoms with Crippen LogP contribution in [0.25, 0.3) is 0 Å². The second kappa shape index (κ2) is 7.23. The van der Waals surface area contributed by atoms with Crippen molar-refractivity contribution in [2.75, 3.05) is 20.1 Å². The molecular weight excluding hydrogens is 268 g/mol. The Hall–Kier alpha value is -0.430. The maximum Gasteiger partial charge on any atom is 0.252 e. The first kappa shape index (κ1) is 15.6. The molecule has 4 nitrogen and oxygen atoms in total. The Morgan fingerprint density at radius 2 is 2.06 bits per heavy atom. The largest absolute Gasteiger partial charge is 0.315 e. The van der Waals surface area contributed by atoms with Gasteiger partial charge in [0.05, 0.1) is 0 Å². The van der Waals surface area contributed by atoms with Crippen molar-refractivity contribution in [1.29, 1.82) is 0 Å². The molecule has 0 aromatic carbocycles. The van der Waals surface area contributed by atoms with E-state index in [-0.39, 0.29) is 0 Å². The fourth-order valence-corrected chi connectivity index (χ4v) is 4.69. The molecule has 1 rings (SSSR count). The number of thiophene rings is 1. The van der Waals surface area contributed by atoms with E-state index < -0.39 is 10.0 Å². The Morgan fingerprint density at radius 3 is 2.61 bits per heavy atom. The van der Waals surface area contributed by atoms with E-state index >= 15 is 0 Å². The van der Waals surface area contributed by atoms with Crippen LogP contribution in [-0.4, -0.2) is 32.9 Å². The SMILES string of the molecule is CCCCN(CC)S(=O)(=O)c1ccc(CNC)s1. The summed E-state index contributed by atoms with van der Waals surface area (Å²) in [5.74, 6) is 0. The molecule has 0 saturated heterocycles. The monoisotopic (exact) mass is 290 g/mol. The number of sulfonamides is 1. The molecule has 0 unspecified atom stereocenters. The van der Waals surface area contributed by atoms with Gasteiger partial charge in [0.1, 0.15) is 4.21 Å². The standard InChI is InChI=1S/C12H22N2O2S2/c1-4-6-9-14(5-2)18(15,16)12-8-7-11(17-12)10-13-3/h7-8,13H,4-6,9-10H2,1-3H3. The van der Waals surface area contributed by atoms with Gasteiger partial charge in [-0.15, -0.1) is 11.3 Å². The van der Waals surface area contributed by atoms with Gasteiger partial charge in [-0.05, 0) is 25.6 Å². The summed E-state index contributed by atoms with van der Waals surface area (Å²) in [7, 11) is -1.44. The minimum absolute atomic E-state index is 0.450. The Bertz CT molecular complexity index is 454. The smallest absolute Gasteiger partial charge is 0.252 e. The van der Waals surface area contributed by atoms with Crippen LogP contribution >= 0.6 is 11.3 Å². The summed E-state index contributed by atoms with van der Waals surface area (Å²) in [4.78, 5) is 1.04. The van der Waals surface area contributed by atoms with Crippen LogP contribution in [0, 0.1) is 0 Å². The predicted molar refractivity (Wildman–Crippen MR) is 76.4 cm³/mol. The van der Waals surface area contributed by atoms with Crippen molar-refractivity contribution in [1.82, 2.24) is 9.62 Å². The number of rotatable bonds is 8. The van der Waals surface area contributed by atoms with Crippen LogP contribution in [0.2, 0.25) is 0 Å². The van der Waals surface area contributed by atoms with Crippen LogP contribution in [0.3, 0.4) is 0 Å². The Labute approximate surface area is 114 Å². The lowest BCUT2D eigenvalue weighted by Crippen LogP contribution is -2.31. The topological polar surface area (TPSA) is 49.4 Å². The molecule has 104 valence electrons. The third-order valence-corrected chi connectivity index (χ3v) is 6.22. The van der Waals surface area contributed by atoms with E-state index in [4.69, 9.17) is 0 Å². The Kier molecular flexibility index (Phi) is 6.28. The number of nitrogens with zero attached hydrogens (tertiary/aromatic N) is 1. The van der Waals surface area contributed by atoms with E-state index in [0.717, 1.165) is 17.7 Å². The summed E-state index contributed by atoms with van der Waals surface area (Å²) < 4.78 is 26.8. The molecule has 1 aromatic heterocycles. The molecule has 0 bridgehead atoms. The van der Waals surface area contributed by atoms with Crippen molar-refractivity contribution in [3.05, 3.63) is 17.0 Å². The van der Waals surface area contributed by atoms with E-state index in [1.807, 2.05) is 20.0 Å². The lowest BCUT2D eigenvalue weighted by Gasteiger charge is -2.18. The van der Waals surface area contributed by atoms with E-state index in [0.29, 0.717) is 23.8 Å². The van der Waals surface area contributed by atoms with Crippen molar-refractivity contribution in [3.8, 4) is 0 Å². The fourth-order valence-electron chi connectivity index (χ4n) is 1.68. The van der Waals surface area contributed by atoms with Crippen LogP contribution in [0.5, 0.6) is 0 Å². The minimum Gasteiger partial charge on any atom is -0.315 e. The molecule has 1 aromatic rings. The molecule has 0 radical (unpaired) electrons. The molecule has 0 atom stereocenters. The van der Waals surface area contributed by atoms with Crippen LogP contribution in [0.1, 0.15) is 31.6 Å². The van der Waals surface area contributed by atoms with Crippen LogP contribution in [-0.2, 0) is 16.6 Å². The molecule has 18 heavy (non-hydrogen) atoms. The van der Waals surface area contributed by atoms with Crippen LogP contribution in [0.4, 0.5) is 0 Å². The first-order valence-electron chi connectivity index (χ1n) is 6.29. The quantitative estimate of drug-likeness (QED) is 0.799. The molecule has 6 heteroatoms. The maximum absolute atomic E-state index is 12.4. The van der Waals surface area contributed by atoms with Gasteiger partial charge in [-0.1, -0.05) is 20.3 Å². The summed E-state index contributed by atoms with van der Waals surface area (Å²) in [6, 6.07) is 3.59. The molecule has 1 heterocycles. The summed E-state index contributed by atoms with van der Waals surface area (Å²) in [6.45, 7) is 5.80. The zero-order valence-electron chi connectivity index (χ0n) is 11.3. The molecule has 1 N–H and O–H groups in total. The highest BCUT2D eigenvalue weighted by Crippen LogP contribution is 2.25. The highest BCUT2D eigenvalue weighted by atomic mass is 32.2. The normalized spacial score (nSPS) is 12.2. The first-order valence-corrected chi connectivity index (χ1v) is 8.55. The second-order valence-corrected chi connectivity index (χ2v) is 7.43. The molecule has 0 spiro atoms. The summed E-state index contributed by atoms with van der Waals surface area (Å²) in [5.41, 5.74) is 0. The number of unbranched alkanes of at least 4 members (excludes halogenated alkanes) is 1. The van der Waals surface area contributed by atoms with Gasteiger partial charge in [-0.3, -0.25) is 0 Å².